The Bertz CT molecular complexity index is 699. The summed E-state index contributed by atoms with van der Waals surface area (Å²) in [4.78, 5) is 0. The van der Waals surface area contributed by atoms with Crippen molar-refractivity contribution < 1.29 is 9.60 Å². The Morgan fingerprint density at radius 1 is 1.10 bits per heavy atom. The molecule has 0 aromatic rings. The molecule has 0 heterocycles. The van der Waals surface area contributed by atoms with Crippen LogP contribution in [0.2, 0.25) is 0 Å². The standard InChI is InChI=1S/C27H44FNO/c1-17(2)7-6-8-18(3)21-11-12-22-20-10-9-19-15-25(29-30)24(28)16-27(19,5)23(20)13-14-26(21,22)4/h15,17-18,20-24,30H,6-14,16H2,1-5H3/t18-,20+,21-,22+,23+,24-,26-,27+/m1/s1. The van der Waals surface area contributed by atoms with Crippen LogP contribution in [0, 0.1) is 46.3 Å². The fourth-order valence-electron chi connectivity index (χ4n) is 8.71. The molecule has 0 saturated heterocycles. The smallest absolute Gasteiger partial charge is 0.146 e. The van der Waals surface area contributed by atoms with E-state index in [4.69, 9.17) is 0 Å². The van der Waals surface area contributed by atoms with Crippen LogP contribution in [0.15, 0.2) is 16.8 Å². The van der Waals surface area contributed by atoms with Gasteiger partial charge in [-0.15, -0.1) is 0 Å². The molecule has 0 amide bonds. The summed E-state index contributed by atoms with van der Waals surface area (Å²) in [6, 6.07) is 0. The molecular weight excluding hydrogens is 373 g/mol. The monoisotopic (exact) mass is 417 g/mol. The topological polar surface area (TPSA) is 32.6 Å². The highest BCUT2D eigenvalue weighted by molar-refractivity contribution is 5.99. The zero-order valence-electron chi connectivity index (χ0n) is 20.0. The van der Waals surface area contributed by atoms with E-state index < -0.39 is 6.17 Å². The van der Waals surface area contributed by atoms with Crippen LogP contribution in [0.3, 0.4) is 0 Å². The van der Waals surface area contributed by atoms with Crippen molar-refractivity contribution in [1.29, 1.82) is 0 Å². The van der Waals surface area contributed by atoms with Crippen LogP contribution in [0.1, 0.15) is 98.8 Å². The van der Waals surface area contributed by atoms with Crippen LogP contribution >= 0.6 is 0 Å². The van der Waals surface area contributed by atoms with E-state index in [2.05, 4.69) is 39.8 Å². The van der Waals surface area contributed by atoms with Gasteiger partial charge in [-0.05, 0) is 97.4 Å². The van der Waals surface area contributed by atoms with Crippen LogP contribution in [-0.4, -0.2) is 17.1 Å². The maximum Gasteiger partial charge on any atom is 0.146 e. The van der Waals surface area contributed by atoms with Gasteiger partial charge in [0.2, 0.25) is 0 Å². The molecule has 3 heteroatoms. The Kier molecular flexibility index (Phi) is 6.14. The number of allylic oxidation sites excluding steroid dienone is 2. The molecule has 0 bridgehead atoms. The van der Waals surface area contributed by atoms with E-state index in [0.29, 0.717) is 17.8 Å². The molecule has 4 aliphatic carbocycles. The molecule has 170 valence electrons. The molecule has 0 aliphatic heterocycles. The summed E-state index contributed by atoms with van der Waals surface area (Å²) in [5.41, 5.74) is 2.04. The summed E-state index contributed by atoms with van der Waals surface area (Å²) in [6.45, 7) is 12.1. The molecule has 0 spiro atoms. The Morgan fingerprint density at radius 2 is 1.87 bits per heavy atom. The quantitative estimate of drug-likeness (QED) is 0.359. The molecule has 2 nitrogen and oxygen atoms in total. The van der Waals surface area contributed by atoms with Gasteiger partial charge in [-0.2, -0.15) is 0 Å². The molecule has 30 heavy (non-hydrogen) atoms. The Hall–Kier alpha value is -0.860. The summed E-state index contributed by atoms with van der Waals surface area (Å²) >= 11 is 0. The lowest BCUT2D eigenvalue weighted by Gasteiger charge is -2.59. The minimum Gasteiger partial charge on any atom is -0.411 e. The van der Waals surface area contributed by atoms with Crippen molar-refractivity contribution in [2.24, 2.45) is 51.5 Å². The van der Waals surface area contributed by atoms with Crippen molar-refractivity contribution in [3.05, 3.63) is 11.6 Å². The first-order valence-electron chi connectivity index (χ1n) is 12.8. The van der Waals surface area contributed by atoms with Gasteiger partial charge in [-0.1, -0.05) is 64.6 Å². The molecule has 4 aliphatic rings. The van der Waals surface area contributed by atoms with Gasteiger partial charge in [0.05, 0.1) is 0 Å². The van der Waals surface area contributed by atoms with Gasteiger partial charge in [0.25, 0.3) is 0 Å². The van der Waals surface area contributed by atoms with E-state index in [0.717, 1.165) is 36.0 Å². The zero-order chi connectivity index (χ0) is 21.7. The third-order valence-corrected chi connectivity index (χ3v) is 10.3. The van der Waals surface area contributed by atoms with Gasteiger partial charge in [-0.3, -0.25) is 0 Å². The number of oxime groups is 1. The highest BCUT2D eigenvalue weighted by Crippen LogP contribution is 2.67. The lowest BCUT2D eigenvalue weighted by Crippen LogP contribution is -2.52. The summed E-state index contributed by atoms with van der Waals surface area (Å²) < 4.78 is 14.8. The van der Waals surface area contributed by atoms with Crippen molar-refractivity contribution in [3.8, 4) is 0 Å². The first kappa shape index (κ1) is 22.3. The summed E-state index contributed by atoms with van der Waals surface area (Å²) in [6.07, 6.45) is 13.1. The predicted molar refractivity (Wildman–Crippen MR) is 123 cm³/mol. The summed E-state index contributed by atoms with van der Waals surface area (Å²) in [7, 11) is 0. The molecule has 0 radical (unpaired) electrons. The van der Waals surface area contributed by atoms with E-state index in [9.17, 15) is 9.60 Å². The number of alkyl halides is 1. The van der Waals surface area contributed by atoms with Gasteiger partial charge >= 0.3 is 0 Å². The average molecular weight is 418 g/mol. The van der Waals surface area contributed by atoms with Crippen molar-refractivity contribution in [1.82, 2.24) is 0 Å². The Morgan fingerprint density at radius 3 is 2.57 bits per heavy atom. The van der Waals surface area contributed by atoms with Crippen molar-refractivity contribution in [2.75, 3.05) is 0 Å². The predicted octanol–water partition coefficient (Wildman–Crippen LogP) is 7.81. The van der Waals surface area contributed by atoms with Gasteiger partial charge in [-0.25, -0.2) is 4.39 Å². The molecular formula is C27H44FNO. The van der Waals surface area contributed by atoms with E-state index in [1.165, 1.54) is 56.9 Å². The second-order valence-electron chi connectivity index (χ2n) is 12.2. The van der Waals surface area contributed by atoms with Crippen LogP contribution in [-0.2, 0) is 0 Å². The number of rotatable bonds is 5. The zero-order valence-corrected chi connectivity index (χ0v) is 20.0. The van der Waals surface area contributed by atoms with E-state index >= 15 is 0 Å². The molecule has 0 aromatic heterocycles. The third kappa shape index (κ3) is 3.56. The second-order valence-corrected chi connectivity index (χ2v) is 12.2. The maximum atomic E-state index is 14.8. The van der Waals surface area contributed by atoms with Gasteiger partial charge in [0, 0.05) is 0 Å². The molecule has 8 atom stereocenters. The number of hydrogen-bond donors (Lipinski definition) is 1. The van der Waals surface area contributed by atoms with Gasteiger partial charge < -0.3 is 5.21 Å². The summed E-state index contributed by atoms with van der Waals surface area (Å²) in [5.74, 6) is 4.68. The SMILES string of the molecule is CC(C)CCC[C@@H](C)[C@H]1CC[C@H]2[C@@H]3CCC4=CC(=NO)[C@H](F)C[C@]4(C)[C@H]3CC[C@]12C. The normalized spacial score (nSPS) is 45.6. The van der Waals surface area contributed by atoms with Crippen molar-refractivity contribution in [2.45, 2.75) is 105 Å². The number of halogens is 1. The lowest BCUT2D eigenvalue weighted by atomic mass is 9.46. The van der Waals surface area contributed by atoms with E-state index in [1.54, 1.807) is 0 Å². The minimum atomic E-state index is -1.12. The highest BCUT2D eigenvalue weighted by atomic mass is 19.1. The molecule has 1 N–H and O–H groups in total. The Balaban J connectivity index is 1.51. The molecule has 0 unspecified atom stereocenters. The second kappa shape index (κ2) is 8.24. The van der Waals surface area contributed by atoms with E-state index in [1.807, 2.05) is 6.08 Å². The first-order chi connectivity index (χ1) is 14.2. The molecule has 3 saturated carbocycles. The average Bonchev–Trinajstić information content (AvgIpc) is 3.04. The highest BCUT2D eigenvalue weighted by Gasteiger charge is 2.60. The molecule has 4 rings (SSSR count). The van der Waals surface area contributed by atoms with Crippen LogP contribution in [0.25, 0.3) is 0 Å². The number of hydrogen-bond acceptors (Lipinski definition) is 2. The maximum absolute atomic E-state index is 14.8. The molecule has 0 aromatic carbocycles. The lowest BCUT2D eigenvalue weighted by molar-refractivity contribution is -0.0610. The van der Waals surface area contributed by atoms with Crippen LogP contribution in [0.5, 0.6) is 0 Å². The Labute approximate surface area is 183 Å². The largest absolute Gasteiger partial charge is 0.411 e. The van der Waals surface area contributed by atoms with Gasteiger partial charge in [0.15, 0.2) is 0 Å². The number of nitrogens with zero attached hydrogens (tertiary/aromatic N) is 1. The number of fused-ring (bicyclic) bond motifs is 5. The fourth-order valence-corrected chi connectivity index (χ4v) is 8.71. The first-order valence-corrected chi connectivity index (χ1v) is 12.8. The van der Waals surface area contributed by atoms with Crippen molar-refractivity contribution in [3.63, 3.8) is 0 Å². The molecule has 3 fully saturated rings. The van der Waals surface area contributed by atoms with Gasteiger partial charge in [0.1, 0.15) is 11.9 Å². The third-order valence-electron chi connectivity index (χ3n) is 10.3. The fraction of sp³-hybridized carbons (Fsp3) is 0.889. The van der Waals surface area contributed by atoms with Crippen molar-refractivity contribution >= 4 is 5.71 Å². The minimum absolute atomic E-state index is 0.0428. The summed E-state index contributed by atoms with van der Waals surface area (Å²) in [5, 5.41) is 12.5. The van der Waals surface area contributed by atoms with Crippen LogP contribution < -0.4 is 0 Å². The van der Waals surface area contributed by atoms with Crippen LogP contribution in [0.4, 0.5) is 4.39 Å². The van der Waals surface area contributed by atoms with E-state index in [-0.39, 0.29) is 11.1 Å².